The van der Waals surface area contributed by atoms with Crippen molar-refractivity contribution in [3.63, 3.8) is 0 Å². The fourth-order valence-corrected chi connectivity index (χ4v) is 3.48. The molecule has 92 valence electrons. The van der Waals surface area contributed by atoms with Crippen molar-refractivity contribution in [1.82, 2.24) is 0 Å². The second-order valence-corrected chi connectivity index (χ2v) is 5.51. The Kier molecular flexibility index (Phi) is 4.36. The molecule has 0 bridgehead atoms. The van der Waals surface area contributed by atoms with Gasteiger partial charge in [0.2, 0.25) is 0 Å². The quantitative estimate of drug-likeness (QED) is 0.572. The SMILES string of the molecule is N=CC1CCC(C2CCC(ON)CC2)CC1. The van der Waals surface area contributed by atoms with Crippen molar-refractivity contribution in [3.05, 3.63) is 0 Å². The van der Waals surface area contributed by atoms with Crippen LogP contribution in [0.15, 0.2) is 0 Å². The van der Waals surface area contributed by atoms with E-state index >= 15 is 0 Å². The molecule has 0 saturated heterocycles. The van der Waals surface area contributed by atoms with Crippen molar-refractivity contribution in [2.45, 2.75) is 57.5 Å². The zero-order chi connectivity index (χ0) is 11.4. The van der Waals surface area contributed by atoms with Crippen LogP contribution in [-0.4, -0.2) is 12.3 Å². The molecule has 0 aromatic carbocycles. The molecule has 3 nitrogen and oxygen atoms in total. The molecule has 2 rings (SSSR count). The molecule has 3 heteroatoms. The molecule has 2 fully saturated rings. The fraction of sp³-hybridized carbons (Fsp3) is 0.923. The van der Waals surface area contributed by atoms with E-state index in [-0.39, 0.29) is 0 Å². The van der Waals surface area contributed by atoms with Gasteiger partial charge in [-0.2, -0.15) is 0 Å². The van der Waals surface area contributed by atoms with Crippen molar-refractivity contribution in [3.8, 4) is 0 Å². The summed E-state index contributed by atoms with van der Waals surface area (Å²) < 4.78 is 0. The smallest absolute Gasteiger partial charge is 0.0787 e. The topological polar surface area (TPSA) is 59.1 Å². The van der Waals surface area contributed by atoms with Gasteiger partial charge in [-0.1, -0.05) is 0 Å². The maximum atomic E-state index is 7.30. The van der Waals surface area contributed by atoms with E-state index in [1.54, 1.807) is 6.21 Å². The number of nitrogens with two attached hydrogens (primary N) is 1. The Balaban J connectivity index is 1.75. The average molecular weight is 224 g/mol. The number of hydrogen-bond acceptors (Lipinski definition) is 3. The van der Waals surface area contributed by atoms with Crippen LogP contribution >= 0.6 is 0 Å². The van der Waals surface area contributed by atoms with Crippen LogP contribution in [-0.2, 0) is 4.84 Å². The molecule has 0 aromatic heterocycles. The summed E-state index contributed by atoms with van der Waals surface area (Å²) in [7, 11) is 0. The van der Waals surface area contributed by atoms with E-state index in [0.29, 0.717) is 12.0 Å². The molecule has 0 radical (unpaired) electrons. The minimum atomic E-state index is 0.314. The normalized spacial score (nSPS) is 40.6. The van der Waals surface area contributed by atoms with Crippen LogP contribution in [0.1, 0.15) is 51.4 Å². The molecule has 0 heterocycles. The Labute approximate surface area is 98.2 Å². The summed E-state index contributed by atoms with van der Waals surface area (Å²) in [6.07, 6.45) is 12.0. The summed E-state index contributed by atoms with van der Waals surface area (Å²) in [6.45, 7) is 0. The highest BCUT2D eigenvalue weighted by molar-refractivity contribution is 5.56. The molecule has 0 atom stereocenters. The van der Waals surface area contributed by atoms with Gasteiger partial charge in [0.1, 0.15) is 0 Å². The molecular formula is C13H24N2O. The molecule has 0 aromatic rings. The summed E-state index contributed by atoms with van der Waals surface area (Å²) in [5, 5.41) is 7.30. The second-order valence-electron chi connectivity index (χ2n) is 5.51. The van der Waals surface area contributed by atoms with Gasteiger partial charge in [-0.25, -0.2) is 5.90 Å². The van der Waals surface area contributed by atoms with Gasteiger partial charge in [0.25, 0.3) is 0 Å². The fourth-order valence-electron chi connectivity index (χ4n) is 3.48. The van der Waals surface area contributed by atoms with Crippen LogP contribution in [0, 0.1) is 23.2 Å². The van der Waals surface area contributed by atoms with E-state index < -0.39 is 0 Å². The predicted molar refractivity (Wildman–Crippen MR) is 65.3 cm³/mol. The van der Waals surface area contributed by atoms with Crippen LogP contribution in [0.2, 0.25) is 0 Å². The lowest BCUT2D eigenvalue weighted by atomic mass is 9.71. The van der Waals surface area contributed by atoms with Gasteiger partial charge in [-0.15, -0.1) is 0 Å². The van der Waals surface area contributed by atoms with Crippen molar-refractivity contribution in [1.29, 1.82) is 5.41 Å². The first-order valence-electron chi connectivity index (χ1n) is 6.69. The van der Waals surface area contributed by atoms with E-state index in [9.17, 15) is 0 Å². The minimum absolute atomic E-state index is 0.314. The molecular weight excluding hydrogens is 200 g/mol. The Morgan fingerprint density at radius 3 is 1.81 bits per heavy atom. The van der Waals surface area contributed by atoms with E-state index in [1.165, 1.54) is 38.5 Å². The lowest BCUT2D eigenvalue weighted by molar-refractivity contribution is 0.00690. The van der Waals surface area contributed by atoms with Crippen molar-refractivity contribution >= 4 is 6.21 Å². The molecule has 0 spiro atoms. The predicted octanol–water partition coefficient (Wildman–Crippen LogP) is 2.89. The molecule has 3 N–H and O–H groups in total. The van der Waals surface area contributed by atoms with E-state index in [0.717, 1.165) is 24.7 Å². The van der Waals surface area contributed by atoms with Crippen LogP contribution in [0.3, 0.4) is 0 Å². The lowest BCUT2D eigenvalue weighted by Crippen LogP contribution is -2.29. The molecule has 2 aliphatic rings. The van der Waals surface area contributed by atoms with Gasteiger partial charge in [0.15, 0.2) is 0 Å². The first-order chi connectivity index (χ1) is 7.83. The van der Waals surface area contributed by atoms with Gasteiger partial charge in [0.05, 0.1) is 6.10 Å². The minimum Gasteiger partial charge on any atom is -0.313 e. The van der Waals surface area contributed by atoms with Gasteiger partial charge < -0.3 is 10.2 Å². The van der Waals surface area contributed by atoms with Crippen LogP contribution in [0.25, 0.3) is 0 Å². The largest absolute Gasteiger partial charge is 0.313 e. The van der Waals surface area contributed by atoms with Crippen LogP contribution in [0.4, 0.5) is 0 Å². The maximum Gasteiger partial charge on any atom is 0.0787 e. The zero-order valence-electron chi connectivity index (χ0n) is 10.0. The number of rotatable bonds is 3. The summed E-state index contributed by atoms with van der Waals surface area (Å²) in [5.41, 5.74) is 0. The Morgan fingerprint density at radius 1 is 0.875 bits per heavy atom. The molecule has 0 unspecified atom stereocenters. The molecule has 2 saturated carbocycles. The third kappa shape index (κ3) is 2.83. The first kappa shape index (κ1) is 12.1. The van der Waals surface area contributed by atoms with Gasteiger partial charge in [-0.3, -0.25) is 0 Å². The van der Waals surface area contributed by atoms with E-state index in [4.69, 9.17) is 16.1 Å². The Bertz CT molecular complexity index is 216. The molecule has 0 aliphatic heterocycles. The van der Waals surface area contributed by atoms with E-state index in [1.807, 2.05) is 0 Å². The monoisotopic (exact) mass is 224 g/mol. The third-order valence-electron chi connectivity index (χ3n) is 4.63. The maximum absolute atomic E-state index is 7.30. The highest BCUT2D eigenvalue weighted by atomic mass is 16.6. The van der Waals surface area contributed by atoms with Crippen molar-refractivity contribution in [2.75, 3.05) is 0 Å². The molecule has 2 aliphatic carbocycles. The Hall–Kier alpha value is -0.410. The highest BCUT2D eigenvalue weighted by Gasteiger charge is 2.30. The van der Waals surface area contributed by atoms with Crippen molar-refractivity contribution in [2.24, 2.45) is 23.7 Å². The zero-order valence-corrected chi connectivity index (χ0v) is 10.0. The lowest BCUT2D eigenvalue weighted by Gasteiger charge is -2.36. The first-order valence-corrected chi connectivity index (χ1v) is 6.69. The second kappa shape index (κ2) is 5.78. The van der Waals surface area contributed by atoms with Crippen LogP contribution in [0.5, 0.6) is 0 Å². The van der Waals surface area contributed by atoms with Gasteiger partial charge in [0, 0.05) is 0 Å². The van der Waals surface area contributed by atoms with Crippen LogP contribution < -0.4 is 5.90 Å². The van der Waals surface area contributed by atoms with Gasteiger partial charge >= 0.3 is 0 Å². The number of nitrogens with one attached hydrogen (secondary N) is 1. The summed E-state index contributed by atoms with van der Waals surface area (Å²) in [6, 6.07) is 0. The van der Waals surface area contributed by atoms with Gasteiger partial charge in [-0.05, 0) is 75.3 Å². The average Bonchev–Trinajstić information content (AvgIpc) is 2.39. The summed E-state index contributed by atoms with van der Waals surface area (Å²) in [5.74, 6) is 7.62. The molecule has 16 heavy (non-hydrogen) atoms. The summed E-state index contributed by atoms with van der Waals surface area (Å²) >= 11 is 0. The number of hydrogen-bond donors (Lipinski definition) is 2. The van der Waals surface area contributed by atoms with Crippen molar-refractivity contribution < 1.29 is 4.84 Å². The van der Waals surface area contributed by atoms with E-state index in [2.05, 4.69) is 0 Å². The Morgan fingerprint density at radius 2 is 1.38 bits per heavy atom. The standard InChI is InChI=1S/C13H24N2O/c14-9-10-1-3-11(4-2-10)12-5-7-13(16-15)8-6-12/h9-14H,1-8,15H2. The highest BCUT2D eigenvalue weighted by Crippen LogP contribution is 2.39. The third-order valence-corrected chi connectivity index (χ3v) is 4.63. The molecule has 0 amide bonds. The summed E-state index contributed by atoms with van der Waals surface area (Å²) in [4.78, 5) is 4.93.